The highest BCUT2D eigenvalue weighted by Crippen LogP contribution is 2.15. The van der Waals surface area contributed by atoms with Crippen LogP contribution in [0.1, 0.15) is 30.6 Å². The Balaban J connectivity index is 2.90. The molecule has 1 aromatic carbocycles. The van der Waals surface area contributed by atoms with Gasteiger partial charge < -0.3 is 21.2 Å². The number of rotatable bonds is 5. The van der Waals surface area contributed by atoms with Gasteiger partial charge in [-0.1, -0.05) is 12.1 Å². The van der Waals surface area contributed by atoms with Gasteiger partial charge in [0.05, 0.1) is 5.54 Å². The SMILES string of the molecule is CCC(C)(NC(=O)c1ccc(N(C)C)cc1)/C(N)=N/O. The van der Waals surface area contributed by atoms with Crippen molar-refractivity contribution >= 4 is 17.4 Å². The minimum Gasteiger partial charge on any atom is -0.409 e. The van der Waals surface area contributed by atoms with Crippen LogP contribution in [0.15, 0.2) is 29.4 Å². The molecule has 1 amide bonds. The third kappa shape index (κ3) is 3.40. The Labute approximate surface area is 119 Å². The smallest absolute Gasteiger partial charge is 0.252 e. The predicted octanol–water partition coefficient (Wildman–Crippen LogP) is 1.40. The van der Waals surface area contributed by atoms with Crippen molar-refractivity contribution in [3.05, 3.63) is 29.8 Å². The first-order valence-electron chi connectivity index (χ1n) is 6.42. The summed E-state index contributed by atoms with van der Waals surface area (Å²) in [5.41, 5.74) is 6.30. The molecule has 6 heteroatoms. The second kappa shape index (κ2) is 6.27. The molecule has 0 aliphatic heterocycles. The quantitative estimate of drug-likeness (QED) is 0.328. The van der Waals surface area contributed by atoms with Gasteiger partial charge in [-0.05, 0) is 37.6 Å². The maximum absolute atomic E-state index is 12.2. The van der Waals surface area contributed by atoms with Crippen LogP contribution in [-0.4, -0.2) is 36.6 Å². The lowest BCUT2D eigenvalue weighted by molar-refractivity contribution is 0.0925. The van der Waals surface area contributed by atoms with Crippen LogP contribution in [0.5, 0.6) is 0 Å². The van der Waals surface area contributed by atoms with Crippen LogP contribution < -0.4 is 16.0 Å². The molecule has 0 saturated carbocycles. The zero-order valence-corrected chi connectivity index (χ0v) is 12.3. The number of carbonyl (C=O) groups excluding carboxylic acids is 1. The molecule has 110 valence electrons. The third-order valence-corrected chi connectivity index (χ3v) is 3.42. The molecular formula is C14H22N4O2. The molecule has 0 fully saturated rings. The van der Waals surface area contributed by atoms with E-state index in [-0.39, 0.29) is 11.7 Å². The zero-order chi connectivity index (χ0) is 15.3. The molecular weight excluding hydrogens is 256 g/mol. The van der Waals surface area contributed by atoms with E-state index in [0.29, 0.717) is 12.0 Å². The fraction of sp³-hybridized carbons (Fsp3) is 0.429. The fourth-order valence-corrected chi connectivity index (χ4v) is 1.68. The van der Waals surface area contributed by atoms with E-state index >= 15 is 0 Å². The summed E-state index contributed by atoms with van der Waals surface area (Å²) in [6.07, 6.45) is 0.518. The standard InChI is InChI=1S/C14H22N4O2/c1-5-14(2,13(15)17-20)16-12(19)10-6-8-11(9-7-10)18(3)4/h6-9,20H,5H2,1-4H3,(H2,15,17)(H,16,19). The van der Waals surface area contributed by atoms with Crippen molar-refractivity contribution in [3.8, 4) is 0 Å². The van der Waals surface area contributed by atoms with E-state index in [1.807, 2.05) is 38.1 Å². The van der Waals surface area contributed by atoms with E-state index in [2.05, 4.69) is 10.5 Å². The Morgan fingerprint density at radius 2 is 1.95 bits per heavy atom. The molecule has 20 heavy (non-hydrogen) atoms. The van der Waals surface area contributed by atoms with Crippen molar-refractivity contribution < 1.29 is 10.0 Å². The number of nitrogens with two attached hydrogens (primary N) is 1. The number of hydrogen-bond acceptors (Lipinski definition) is 4. The molecule has 1 atom stereocenters. The first-order chi connectivity index (χ1) is 9.34. The van der Waals surface area contributed by atoms with Gasteiger partial charge in [-0.2, -0.15) is 0 Å². The predicted molar refractivity (Wildman–Crippen MR) is 80.3 cm³/mol. The highest BCUT2D eigenvalue weighted by Gasteiger charge is 2.29. The van der Waals surface area contributed by atoms with Crippen LogP contribution in [-0.2, 0) is 0 Å². The van der Waals surface area contributed by atoms with Gasteiger partial charge in [-0.25, -0.2) is 0 Å². The Hall–Kier alpha value is -2.24. The van der Waals surface area contributed by atoms with Gasteiger partial charge >= 0.3 is 0 Å². The molecule has 0 aliphatic rings. The lowest BCUT2D eigenvalue weighted by atomic mass is 9.97. The van der Waals surface area contributed by atoms with Gasteiger partial charge in [0.15, 0.2) is 5.84 Å². The number of oxime groups is 1. The van der Waals surface area contributed by atoms with Crippen molar-refractivity contribution in [3.63, 3.8) is 0 Å². The monoisotopic (exact) mass is 278 g/mol. The molecule has 6 nitrogen and oxygen atoms in total. The largest absolute Gasteiger partial charge is 0.409 e. The molecule has 0 radical (unpaired) electrons. The van der Waals surface area contributed by atoms with Crippen LogP contribution in [0, 0.1) is 0 Å². The van der Waals surface area contributed by atoms with E-state index in [1.165, 1.54) is 0 Å². The summed E-state index contributed by atoms with van der Waals surface area (Å²) in [6, 6.07) is 7.21. The average Bonchev–Trinajstić information content (AvgIpc) is 2.46. The highest BCUT2D eigenvalue weighted by molar-refractivity contribution is 6.00. The van der Waals surface area contributed by atoms with Gasteiger partial charge in [0.25, 0.3) is 5.91 Å². The normalized spacial score (nSPS) is 14.5. The van der Waals surface area contributed by atoms with E-state index in [9.17, 15) is 4.79 Å². The van der Waals surface area contributed by atoms with Crippen molar-refractivity contribution in [1.29, 1.82) is 0 Å². The van der Waals surface area contributed by atoms with Crippen molar-refractivity contribution in [1.82, 2.24) is 5.32 Å². The fourth-order valence-electron chi connectivity index (χ4n) is 1.68. The van der Waals surface area contributed by atoms with E-state index in [0.717, 1.165) is 5.69 Å². The van der Waals surface area contributed by atoms with Crippen molar-refractivity contribution in [2.75, 3.05) is 19.0 Å². The zero-order valence-electron chi connectivity index (χ0n) is 12.3. The van der Waals surface area contributed by atoms with Crippen LogP contribution in [0.2, 0.25) is 0 Å². The molecule has 0 spiro atoms. The molecule has 1 aromatic rings. The minimum atomic E-state index is -0.869. The highest BCUT2D eigenvalue weighted by atomic mass is 16.4. The Bertz CT molecular complexity index is 496. The minimum absolute atomic E-state index is 0.0155. The summed E-state index contributed by atoms with van der Waals surface area (Å²) in [4.78, 5) is 14.2. The van der Waals surface area contributed by atoms with E-state index < -0.39 is 5.54 Å². The lowest BCUT2D eigenvalue weighted by Gasteiger charge is -2.28. The van der Waals surface area contributed by atoms with Gasteiger partial charge in [0, 0.05) is 25.3 Å². The van der Waals surface area contributed by atoms with Crippen LogP contribution in [0.25, 0.3) is 0 Å². The average molecular weight is 278 g/mol. The van der Waals surface area contributed by atoms with E-state index in [4.69, 9.17) is 10.9 Å². The number of nitrogens with one attached hydrogen (secondary N) is 1. The number of amidine groups is 1. The maximum atomic E-state index is 12.2. The van der Waals surface area contributed by atoms with Crippen LogP contribution >= 0.6 is 0 Å². The maximum Gasteiger partial charge on any atom is 0.252 e. The van der Waals surface area contributed by atoms with Crippen molar-refractivity contribution in [2.24, 2.45) is 10.9 Å². The van der Waals surface area contributed by atoms with Gasteiger partial charge in [0.2, 0.25) is 0 Å². The van der Waals surface area contributed by atoms with Gasteiger partial charge in [-0.3, -0.25) is 4.79 Å². The summed E-state index contributed by atoms with van der Waals surface area (Å²) in [5, 5.41) is 14.6. The number of carbonyl (C=O) groups is 1. The summed E-state index contributed by atoms with van der Waals surface area (Å²) < 4.78 is 0. The van der Waals surface area contributed by atoms with Crippen LogP contribution in [0.3, 0.4) is 0 Å². The van der Waals surface area contributed by atoms with E-state index in [1.54, 1.807) is 19.1 Å². The summed E-state index contributed by atoms with van der Waals surface area (Å²) >= 11 is 0. The Morgan fingerprint density at radius 3 is 2.35 bits per heavy atom. The lowest BCUT2D eigenvalue weighted by Crippen LogP contribution is -2.55. The molecule has 0 aliphatic carbocycles. The molecule has 0 saturated heterocycles. The Morgan fingerprint density at radius 1 is 1.40 bits per heavy atom. The number of nitrogens with zero attached hydrogens (tertiary/aromatic N) is 2. The number of benzene rings is 1. The summed E-state index contributed by atoms with van der Waals surface area (Å²) in [7, 11) is 3.86. The molecule has 0 aromatic heterocycles. The summed E-state index contributed by atoms with van der Waals surface area (Å²) in [5.74, 6) is -0.274. The second-order valence-corrected chi connectivity index (χ2v) is 5.07. The molecule has 0 heterocycles. The van der Waals surface area contributed by atoms with Crippen LogP contribution in [0.4, 0.5) is 5.69 Å². The number of anilines is 1. The third-order valence-electron chi connectivity index (χ3n) is 3.42. The molecule has 4 N–H and O–H groups in total. The number of amides is 1. The Kier molecular flexibility index (Phi) is 4.96. The number of hydrogen-bond donors (Lipinski definition) is 3. The van der Waals surface area contributed by atoms with Crippen molar-refractivity contribution in [2.45, 2.75) is 25.8 Å². The summed E-state index contributed by atoms with van der Waals surface area (Å²) in [6.45, 7) is 3.57. The molecule has 0 bridgehead atoms. The first-order valence-corrected chi connectivity index (χ1v) is 6.42. The molecule has 1 rings (SSSR count). The second-order valence-electron chi connectivity index (χ2n) is 5.07. The topological polar surface area (TPSA) is 91.0 Å². The van der Waals surface area contributed by atoms with Gasteiger partial charge in [0.1, 0.15) is 0 Å². The first kappa shape index (κ1) is 15.8. The van der Waals surface area contributed by atoms with Gasteiger partial charge in [-0.15, -0.1) is 0 Å². The molecule has 1 unspecified atom stereocenters.